The van der Waals surface area contributed by atoms with Crippen molar-refractivity contribution in [1.29, 1.82) is 0 Å². The number of carbonyl (C=O) groups is 1. The van der Waals surface area contributed by atoms with Crippen LogP contribution in [0.3, 0.4) is 0 Å². The van der Waals surface area contributed by atoms with E-state index in [1.54, 1.807) is 12.3 Å². The number of nitrogens with one attached hydrogen (secondary N) is 1. The van der Waals surface area contributed by atoms with Gasteiger partial charge in [-0.25, -0.2) is 18.7 Å². The lowest BCUT2D eigenvalue weighted by atomic mass is 9.98. The number of aryl methyl sites for hydroxylation is 1. The van der Waals surface area contributed by atoms with Crippen LogP contribution in [-0.2, 0) is 12.0 Å². The van der Waals surface area contributed by atoms with Gasteiger partial charge in [0.2, 0.25) is 0 Å². The number of anilines is 1. The standard InChI is InChI=1S/C19H21FN6O2.ClH/c1-11(21)2-3-15-14(8-12(20)9-22-15)19(5-6-19)25-16-4-7-26-17(24-16)13(10-23-26)18(27)28;/h4,7-11H,2-3,5-6,21H2,1H3,(H,24,25)(H,27,28);1H/t11-;/m1./s1. The van der Waals surface area contributed by atoms with Gasteiger partial charge in [-0.3, -0.25) is 4.98 Å². The van der Waals surface area contributed by atoms with Crippen molar-refractivity contribution >= 4 is 29.8 Å². The van der Waals surface area contributed by atoms with E-state index in [2.05, 4.69) is 20.4 Å². The number of hydrogen-bond acceptors (Lipinski definition) is 6. The molecule has 8 nitrogen and oxygen atoms in total. The molecule has 1 aliphatic carbocycles. The molecule has 0 unspecified atom stereocenters. The highest BCUT2D eigenvalue weighted by Gasteiger charge is 2.46. The van der Waals surface area contributed by atoms with E-state index in [4.69, 9.17) is 5.73 Å². The summed E-state index contributed by atoms with van der Waals surface area (Å²) in [7, 11) is 0. The van der Waals surface area contributed by atoms with Crippen LogP contribution in [0.15, 0.2) is 30.7 Å². The van der Waals surface area contributed by atoms with E-state index in [0.717, 1.165) is 30.5 Å². The van der Waals surface area contributed by atoms with Crippen LogP contribution in [0.4, 0.5) is 10.2 Å². The molecule has 3 heterocycles. The lowest BCUT2D eigenvalue weighted by molar-refractivity contribution is 0.0698. The fourth-order valence-electron chi connectivity index (χ4n) is 3.37. The second kappa shape index (κ2) is 7.92. The lowest BCUT2D eigenvalue weighted by Crippen LogP contribution is -2.23. The molecule has 3 aromatic heterocycles. The molecule has 29 heavy (non-hydrogen) atoms. The van der Waals surface area contributed by atoms with E-state index in [9.17, 15) is 14.3 Å². The molecule has 10 heteroatoms. The third-order valence-electron chi connectivity index (χ3n) is 5.01. The summed E-state index contributed by atoms with van der Waals surface area (Å²) in [6, 6.07) is 3.27. The third-order valence-corrected chi connectivity index (χ3v) is 5.01. The van der Waals surface area contributed by atoms with E-state index >= 15 is 0 Å². The maximum atomic E-state index is 13.9. The van der Waals surface area contributed by atoms with Crippen LogP contribution < -0.4 is 11.1 Å². The Balaban J connectivity index is 0.00000240. The lowest BCUT2D eigenvalue weighted by Gasteiger charge is -2.22. The summed E-state index contributed by atoms with van der Waals surface area (Å²) in [4.78, 5) is 20.0. The number of nitrogens with zero attached hydrogens (tertiary/aromatic N) is 4. The van der Waals surface area contributed by atoms with Crippen molar-refractivity contribution < 1.29 is 14.3 Å². The van der Waals surface area contributed by atoms with Gasteiger partial charge in [0.25, 0.3) is 0 Å². The Morgan fingerprint density at radius 1 is 1.45 bits per heavy atom. The zero-order valence-corrected chi connectivity index (χ0v) is 16.6. The molecular formula is C19H22ClFN6O2. The molecule has 0 spiro atoms. The number of carboxylic acid groups (broad SMARTS) is 1. The van der Waals surface area contributed by atoms with E-state index < -0.39 is 11.5 Å². The third kappa shape index (κ3) is 4.15. The fourth-order valence-corrected chi connectivity index (χ4v) is 3.37. The van der Waals surface area contributed by atoms with Gasteiger partial charge < -0.3 is 16.2 Å². The fraction of sp³-hybridized carbons (Fsp3) is 0.368. The normalized spacial score (nSPS) is 15.6. The molecule has 4 N–H and O–H groups in total. The predicted molar refractivity (Wildman–Crippen MR) is 108 cm³/mol. The summed E-state index contributed by atoms with van der Waals surface area (Å²) in [5.74, 6) is -0.969. The summed E-state index contributed by atoms with van der Waals surface area (Å²) in [5, 5.41) is 16.6. The first kappa shape index (κ1) is 20.9. The molecular weight excluding hydrogens is 399 g/mol. The number of aromatic carboxylic acids is 1. The Labute approximate surface area is 172 Å². The number of fused-ring (bicyclic) bond motifs is 1. The second-order valence-corrected chi connectivity index (χ2v) is 7.32. The van der Waals surface area contributed by atoms with Crippen molar-refractivity contribution in [3.63, 3.8) is 0 Å². The van der Waals surface area contributed by atoms with Gasteiger partial charge in [-0.2, -0.15) is 5.10 Å². The van der Waals surface area contributed by atoms with Crippen LogP contribution in [0.5, 0.6) is 0 Å². The van der Waals surface area contributed by atoms with E-state index in [-0.39, 0.29) is 35.5 Å². The molecule has 0 aromatic carbocycles. The van der Waals surface area contributed by atoms with Crippen LogP contribution in [0.25, 0.3) is 5.65 Å². The van der Waals surface area contributed by atoms with Crippen molar-refractivity contribution in [1.82, 2.24) is 19.6 Å². The van der Waals surface area contributed by atoms with E-state index in [1.165, 1.54) is 23.0 Å². The number of pyridine rings is 1. The summed E-state index contributed by atoms with van der Waals surface area (Å²) < 4.78 is 15.4. The molecule has 4 rings (SSSR count). The number of nitrogens with two attached hydrogens (primary N) is 1. The minimum Gasteiger partial charge on any atom is -0.477 e. The SMILES string of the molecule is C[C@@H](N)CCc1ncc(F)cc1C1(Nc2ccn3ncc(C(=O)O)c3n2)CC1.Cl. The van der Waals surface area contributed by atoms with Gasteiger partial charge in [0.1, 0.15) is 17.2 Å². The zero-order chi connectivity index (χ0) is 19.9. The van der Waals surface area contributed by atoms with Crippen molar-refractivity contribution in [2.75, 3.05) is 5.32 Å². The molecule has 1 aliphatic rings. The van der Waals surface area contributed by atoms with E-state index in [0.29, 0.717) is 12.2 Å². The van der Waals surface area contributed by atoms with Gasteiger partial charge in [0.15, 0.2) is 5.65 Å². The first-order valence-corrected chi connectivity index (χ1v) is 9.14. The summed E-state index contributed by atoms with van der Waals surface area (Å²) in [6.45, 7) is 1.93. The Kier molecular flexibility index (Phi) is 5.72. The minimum absolute atomic E-state index is 0. The van der Waals surface area contributed by atoms with Crippen LogP contribution in [0.1, 0.15) is 47.8 Å². The van der Waals surface area contributed by atoms with Crippen molar-refractivity contribution in [3.05, 3.63) is 53.4 Å². The van der Waals surface area contributed by atoms with Crippen LogP contribution in [0, 0.1) is 5.82 Å². The zero-order valence-electron chi connectivity index (χ0n) is 15.8. The van der Waals surface area contributed by atoms with Crippen LogP contribution >= 0.6 is 12.4 Å². The Hall–Kier alpha value is -2.78. The molecule has 154 valence electrons. The monoisotopic (exact) mass is 420 g/mol. The molecule has 0 radical (unpaired) electrons. The largest absolute Gasteiger partial charge is 0.477 e. The summed E-state index contributed by atoms with van der Waals surface area (Å²) in [5.41, 5.74) is 7.31. The van der Waals surface area contributed by atoms with Crippen molar-refractivity contribution in [2.45, 2.75) is 44.2 Å². The molecule has 3 aromatic rings. The highest BCUT2D eigenvalue weighted by atomic mass is 35.5. The quantitative estimate of drug-likeness (QED) is 0.537. The Morgan fingerprint density at radius 2 is 2.21 bits per heavy atom. The van der Waals surface area contributed by atoms with Crippen LogP contribution in [0.2, 0.25) is 0 Å². The highest BCUT2D eigenvalue weighted by Crippen LogP contribution is 2.49. The van der Waals surface area contributed by atoms with Gasteiger partial charge in [0.05, 0.1) is 17.9 Å². The maximum absolute atomic E-state index is 13.9. The van der Waals surface area contributed by atoms with E-state index in [1.807, 2.05) is 6.92 Å². The topological polar surface area (TPSA) is 118 Å². The number of aromatic nitrogens is 4. The predicted octanol–water partition coefficient (Wildman–Crippen LogP) is 2.76. The molecule has 1 fully saturated rings. The molecule has 0 aliphatic heterocycles. The summed E-state index contributed by atoms with van der Waals surface area (Å²) >= 11 is 0. The molecule has 0 saturated heterocycles. The molecule has 0 amide bonds. The van der Waals surface area contributed by atoms with Crippen molar-refractivity contribution in [2.24, 2.45) is 5.73 Å². The average molecular weight is 421 g/mol. The first-order chi connectivity index (χ1) is 13.4. The summed E-state index contributed by atoms with van der Waals surface area (Å²) in [6.07, 6.45) is 7.17. The van der Waals surface area contributed by atoms with Gasteiger partial charge in [-0.15, -0.1) is 12.4 Å². The highest BCUT2D eigenvalue weighted by molar-refractivity contribution is 5.94. The number of hydrogen-bond donors (Lipinski definition) is 3. The minimum atomic E-state index is -1.09. The maximum Gasteiger partial charge on any atom is 0.341 e. The van der Waals surface area contributed by atoms with Gasteiger partial charge in [-0.1, -0.05) is 0 Å². The smallest absolute Gasteiger partial charge is 0.341 e. The Bertz CT molecular complexity index is 1050. The van der Waals surface area contributed by atoms with Gasteiger partial charge in [0, 0.05) is 23.5 Å². The first-order valence-electron chi connectivity index (χ1n) is 9.14. The average Bonchev–Trinajstić information content (AvgIpc) is 3.30. The van der Waals surface area contributed by atoms with Crippen LogP contribution in [-0.4, -0.2) is 36.7 Å². The molecule has 0 bridgehead atoms. The van der Waals surface area contributed by atoms with Gasteiger partial charge in [-0.05, 0) is 44.7 Å². The number of carboxylic acids is 1. The Morgan fingerprint density at radius 3 is 2.86 bits per heavy atom. The molecule has 1 saturated carbocycles. The van der Waals surface area contributed by atoms with Gasteiger partial charge >= 0.3 is 5.97 Å². The number of rotatable bonds is 7. The second-order valence-electron chi connectivity index (χ2n) is 7.32. The molecule has 1 atom stereocenters. The number of halogens is 2. The van der Waals surface area contributed by atoms with Crippen molar-refractivity contribution in [3.8, 4) is 0 Å².